The van der Waals surface area contributed by atoms with Crippen LogP contribution in [0.25, 0.3) is 11.3 Å². The van der Waals surface area contributed by atoms with Gasteiger partial charge in [0.2, 0.25) is 5.89 Å². The predicted molar refractivity (Wildman–Crippen MR) is 124 cm³/mol. The lowest BCUT2D eigenvalue weighted by Gasteiger charge is -2.19. The fourth-order valence-electron chi connectivity index (χ4n) is 3.46. The lowest BCUT2D eigenvalue weighted by atomic mass is 9.90. The summed E-state index contributed by atoms with van der Waals surface area (Å²) < 4.78 is 5.80. The maximum atomic E-state index is 6.09. The first kappa shape index (κ1) is 20.4. The third-order valence-corrected chi connectivity index (χ3v) is 4.93. The summed E-state index contributed by atoms with van der Waals surface area (Å²) in [5.74, 6) is 1.67. The zero-order valence-electron chi connectivity index (χ0n) is 15.9. The van der Waals surface area contributed by atoms with Crippen LogP contribution in [0.15, 0.2) is 58.1 Å². The normalized spacial score (nSPS) is 13.5. The van der Waals surface area contributed by atoms with Gasteiger partial charge in [-0.2, -0.15) is 0 Å². The molecular formula is C22H25IN4O. The lowest BCUT2D eigenvalue weighted by molar-refractivity contribution is 0.510. The Labute approximate surface area is 182 Å². The number of hydrogen-bond donors (Lipinski definition) is 2. The first-order valence-corrected chi connectivity index (χ1v) is 9.38. The minimum atomic E-state index is 0. The average Bonchev–Trinajstić information content (AvgIpc) is 3.16. The number of rotatable bonds is 4. The van der Waals surface area contributed by atoms with Gasteiger partial charge in [0, 0.05) is 11.3 Å². The number of fused-ring (bicyclic) bond motifs is 1. The Kier molecular flexibility index (Phi) is 6.72. The van der Waals surface area contributed by atoms with Gasteiger partial charge in [-0.1, -0.05) is 42.0 Å². The highest BCUT2D eigenvalue weighted by Crippen LogP contribution is 2.27. The molecule has 1 heterocycles. The minimum absolute atomic E-state index is 0. The van der Waals surface area contributed by atoms with E-state index in [1.54, 1.807) is 6.20 Å². The second kappa shape index (κ2) is 9.23. The summed E-state index contributed by atoms with van der Waals surface area (Å²) >= 11 is 0. The number of benzene rings is 2. The van der Waals surface area contributed by atoms with E-state index in [4.69, 9.17) is 10.2 Å². The molecule has 0 saturated heterocycles. The first-order valence-electron chi connectivity index (χ1n) is 9.38. The maximum Gasteiger partial charge on any atom is 0.216 e. The van der Waals surface area contributed by atoms with Crippen LogP contribution in [0.4, 0.5) is 5.69 Å². The molecule has 28 heavy (non-hydrogen) atoms. The fourth-order valence-corrected chi connectivity index (χ4v) is 3.46. The number of oxazole rings is 1. The van der Waals surface area contributed by atoms with E-state index in [9.17, 15) is 0 Å². The zero-order valence-corrected chi connectivity index (χ0v) is 18.3. The van der Waals surface area contributed by atoms with E-state index >= 15 is 0 Å². The summed E-state index contributed by atoms with van der Waals surface area (Å²) in [6.07, 6.45) is 6.44. The van der Waals surface area contributed by atoms with Crippen molar-refractivity contribution in [1.29, 1.82) is 0 Å². The third kappa shape index (κ3) is 4.73. The van der Waals surface area contributed by atoms with Gasteiger partial charge in [0.05, 0.1) is 6.20 Å². The van der Waals surface area contributed by atoms with Crippen molar-refractivity contribution in [2.24, 2.45) is 10.7 Å². The van der Waals surface area contributed by atoms with Crippen molar-refractivity contribution >= 4 is 35.6 Å². The van der Waals surface area contributed by atoms with E-state index in [0.29, 0.717) is 18.4 Å². The highest BCUT2D eigenvalue weighted by atomic mass is 127. The summed E-state index contributed by atoms with van der Waals surface area (Å²) in [5.41, 5.74) is 12.1. The summed E-state index contributed by atoms with van der Waals surface area (Å²) in [6.45, 7) is 2.36. The van der Waals surface area contributed by atoms with Gasteiger partial charge in [0.15, 0.2) is 11.7 Å². The van der Waals surface area contributed by atoms with Crippen molar-refractivity contribution < 1.29 is 4.42 Å². The lowest BCUT2D eigenvalue weighted by Crippen LogP contribution is -2.24. The number of aliphatic imine (C=N–C) groups is 1. The first-order chi connectivity index (χ1) is 13.2. The van der Waals surface area contributed by atoms with E-state index in [0.717, 1.165) is 29.9 Å². The van der Waals surface area contributed by atoms with Gasteiger partial charge in [0.1, 0.15) is 6.54 Å². The molecule has 0 radical (unpaired) electrons. The molecule has 0 amide bonds. The van der Waals surface area contributed by atoms with Crippen LogP contribution in [0.1, 0.15) is 35.4 Å². The number of guanidine groups is 1. The van der Waals surface area contributed by atoms with Gasteiger partial charge < -0.3 is 15.5 Å². The number of aryl methyl sites for hydroxylation is 2. The van der Waals surface area contributed by atoms with E-state index < -0.39 is 0 Å². The minimum Gasteiger partial charge on any atom is -0.439 e. The molecule has 0 atom stereocenters. The molecule has 0 unspecified atom stereocenters. The Morgan fingerprint density at radius 3 is 2.75 bits per heavy atom. The molecule has 0 bridgehead atoms. The van der Waals surface area contributed by atoms with Crippen LogP contribution in [0.2, 0.25) is 0 Å². The summed E-state index contributed by atoms with van der Waals surface area (Å²) in [5, 5.41) is 3.24. The van der Waals surface area contributed by atoms with Crippen molar-refractivity contribution in [3.63, 3.8) is 0 Å². The average molecular weight is 488 g/mol. The molecule has 1 aliphatic rings. The van der Waals surface area contributed by atoms with E-state index in [1.807, 2.05) is 12.1 Å². The Balaban J connectivity index is 0.00000225. The molecule has 6 heteroatoms. The fraction of sp³-hybridized carbons (Fsp3) is 0.273. The highest BCUT2D eigenvalue weighted by molar-refractivity contribution is 14.0. The van der Waals surface area contributed by atoms with Crippen molar-refractivity contribution in [2.45, 2.75) is 39.2 Å². The van der Waals surface area contributed by atoms with Crippen LogP contribution in [-0.2, 0) is 19.4 Å². The number of aromatic nitrogens is 1. The van der Waals surface area contributed by atoms with E-state index in [-0.39, 0.29) is 24.0 Å². The molecule has 3 N–H and O–H groups in total. The molecular weight excluding hydrogens is 463 g/mol. The molecule has 5 nitrogen and oxygen atoms in total. The Morgan fingerprint density at radius 2 is 1.93 bits per heavy atom. The standard InChI is InChI=1S/C22H24N4O.HI/c1-15-9-11-17(12-10-15)20-13-24-21(27-20)14-25-22(23)26-19-8-4-6-16-5-2-3-7-18(16)19;/h4,6,8-13H,2-3,5,7,14H2,1H3,(H3,23,25,26);1H. The number of halogens is 1. The molecule has 146 valence electrons. The van der Waals surface area contributed by atoms with Crippen LogP contribution < -0.4 is 11.1 Å². The molecule has 2 aromatic carbocycles. The van der Waals surface area contributed by atoms with E-state index in [2.05, 4.69) is 52.5 Å². The Hall–Kier alpha value is -2.35. The molecule has 0 saturated carbocycles. The number of nitrogens with one attached hydrogen (secondary N) is 1. The maximum absolute atomic E-state index is 6.09. The van der Waals surface area contributed by atoms with Gasteiger partial charge in [-0.25, -0.2) is 9.98 Å². The van der Waals surface area contributed by atoms with Gasteiger partial charge in [-0.15, -0.1) is 24.0 Å². The molecule has 3 aromatic rings. The number of nitrogens with zero attached hydrogens (tertiary/aromatic N) is 2. The topological polar surface area (TPSA) is 76.4 Å². The van der Waals surface area contributed by atoms with Crippen LogP contribution >= 0.6 is 24.0 Å². The van der Waals surface area contributed by atoms with E-state index in [1.165, 1.54) is 29.5 Å². The Morgan fingerprint density at radius 1 is 1.14 bits per heavy atom. The zero-order chi connectivity index (χ0) is 18.6. The molecule has 1 aromatic heterocycles. The van der Waals surface area contributed by atoms with Crippen LogP contribution in [-0.4, -0.2) is 10.9 Å². The summed E-state index contributed by atoms with van der Waals surface area (Å²) in [7, 11) is 0. The summed E-state index contributed by atoms with van der Waals surface area (Å²) in [6, 6.07) is 14.5. The SMILES string of the molecule is Cc1ccc(-c2cnc(CN=C(N)Nc3cccc4c3CCCC4)o2)cc1.I. The molecule has 0 fully saturated rings. The number of anilines is 1. The van der Waals surface area contributed by atoms with Crippen molar-refractivity contribution in [3.05, 3.63) is 71.2 Å². The highest BCUT2D eigenvalue weighted by Gasteiger charge is 2.13. The van der Waals surface area contributed by atoms with Gasteiger partial charge >= 0.3 is 0 Å². The smallest absolute Gasteiger partial charge is 0.216 e. The monoisotopic (exact) mass is 488 g/mol. The number of nitrogens with two attached hydrogens (primary N) is 1. The second-order valence-electron chi connectivity index (χ2n) is 6.96. The third-order valence-electron chi connectivity index (χ3n) is 4.93. The van der Waals surface area contributed by atoms with Gasteiger partial charge in [-0.05, 0) is 49.8 Å². The van der Waals surface area contributed by atoms with Gasteiger partial charge in [0.25, 0.3) is 0 Å². The van der Waals surface area contributed by atoms with Crippen molar-refractivity contribution in [1.82, 2.24) is 4.98 Å². The Bertz CT molecular complexity index is 963. The molecule has 1 aliphatic carbocycles. The molecule has 0 spiro atoms. The quantitative estimate of drug-likeness (QED) is 0.305. The van der Waals surface area contributed by atoms with Crippen LogP contribution in [0.5, 0.6) is 0 Å². The second-order valence-corrected chi connectivity index (χ2v) is 6.96. The van der Waals surface area contributed by atoms with Crippen molar-refractivity contribution in [3.8, 4) is 11.3 Å². The largest absolute Gasteiger partial charge is 0.439 e. The number of hydrogen-bond acceptors (Lipinski definition) is 3. The summed E-state index contributed by atoms with van der Waals surface area (Å²) in [4.78, 5) is 8.69. The van der Waals surface area contributed by atoms with Crippen molar-refractivity contribution in [2.75, 3.05) is 5.32 Å². The van der Waals surface area contributed by atoms with Crippen LogP contribution in [0.3, 0.4) is 0 Å². The molecule has 0 aliphatic heterocycles. The van der Waals surface area contributed by atoms with Gasteiger partial charge in [-0.3, -0.25) is 0 Å². The predicted octanol–water partition coefficient (Wildman–Crippen LogP) is 5.07. The molecule has 4 rings (SSSR count). The van der Waals surface area contributed by atoms with Crippen LogP contribution in [0, 0.1) is 6.92 Å².